The van der Waals surface area contributed by atoms with Crippen molar-refractivity contribution >= 4 is 16.8 Å². The van der Waals surface area contributed by atoms with Crippen LogP contribution < -0.4 is 11.1 Å². The number of aromatic amines is 2. The lowest BCUT2D eigenvalue weighted by atomic mass is 10.2. The summed E-state index contributed by atoms with van der Waals surface area (Å²) in [5, 5.41) is 0.509. The molecule has 0 fully saturated rings. The first kappa shape index (κ1) is 16.6. The van der Waals surface area contributed by atoms with E-state index in [0.29, 0.717) is 22.3 Å². The highest BCUT2D eigenvalue weighted by molar-refractivity contribution is 5.94. The van der Waals surface area contributed by atoms with Crippen molar-refractivity contribution in [1.82, 2.24) is 19.9 Å². The van der Waals surface area contributed by atoms with Gasteiger partial charge < -0.3 is 14.9 Å². The van der Waals surface area contributed by atoms with Gasteiger partial charge in [0.1, 0.15) is 5.82 Å². The second-order valence-corrected chi connectivity index (χ2v) is 6.00. The molecule has 0 saturated carbocycles. The van der Waals surface area contributed by atoms with Crippen molar-refractivity contribution in [2.75, 3.05) is 0 Å². The van der Waals surface area contributed by atoms with Gasteiger partial charge in [-0.05, 0) is 32.0 Å². The van der Waals surface area contributed by atoms with Crippen molar-refractivity contribution in [3.05, 3.63) is 74.7 Å². The molecule has 3 rings (SSSR count). The molecule has 0 aliphatic rings. The molecule has 3 aromatic rings. The van der Waals surface area contributed by atoms with E-state index >= 15 is 0 Å². The number of aromatic nitrogens is 3. The number of H-pyrrole nitrogens is 2. The van der Waals surface area contributed by atoms with Gasteiger partial charge in [-0.15, -0.1) is 0 Å². The molecule has 0 atom stereocenters. The summed E-state index contributed by atoms with van der Waals surface area (Å²) in [6.45, 7) is 3.92. The number of benzene rings is 1. The smallest absolute Gasteiger partial charge is 0.258 e. The van der Waals surface area contributed by atoms with Crippen molar-refractivity contribution in [2.24, 2.45) is 0 Å². The van der Waals surface area contributed by atoms with Crippen LogP contribution in [0, 0.1) is 0 Å². The molecule has 128 valence electrons. The van der Waals surface area contributed by atoms with Crippen molar-refractivity contribution in [3.63, 3.8) is 0 Å². The Morgan fingerprint density at radius 3 is 2.60 bits per heavy atom. The van der Waals surface area contributed by atoms with Crippen LogP contribution >= 0.6 is 0 Å². The number of hydrogen-bond donors (Lipinski definition) is 2. The molecule has 7 nitrogen and oxygen atoms in total. The van der Waals surface area contributed by atoms with E-state index in [4.69, 9.17) is 0 Å². The predicted octanol–water partition coefficient (Wildman–Crippen LogP) is 1.66. The number of carbonyl (C=O) groups excluding carboxylic acids is 1. The molecule has 2 aromatic heterocycles. The fourth-order valence-corrected chi connectivity index (χ4v) is 2.57. The average molecular weight is 338 g/mol. The molecule has 0 bridgehead atoms. The van der Waals surface area contributed by atoms with Crippen LogP contribution in [0.2, 0.25) is 0 Å². The first-order valence-corrected chi connectivity index (χ1v) is 7.93. The summed E-state index contributed by atoms with van der Waals surface area (Å²) in [4.78, 5) is 47.3. The molecule has 0 saturated heterocycles. The molecule has 0 unspecified atom stereocenters. The van der Waals surface area contributed by atoms with Crippen LogP contribution in [0.3, 0.4) is 0 Å². The number of amides is 1. The van der Waals surface area contributed by atoms with E-state index < -0.39 is 0 Å². The molecule has 7 heteroatoms. The van der Waals surface area contributed by atoms with Crippen molar-refractivity contribution in [3.8, 4) is 0 Å². The minimum Gasteiger partial charge on any atom is -0.329 e. The fraction of sp³-hybridized carbons (Fsp3) is 0.222. The number of pyridine rings is 1. The van der Waals surface area contributed by atoms with Crippen LogP contribution in [-0.2, 0) is 6.54 Å². The number of fused-ring (bicyclic) bond motifs is 1. The van der Waals surface area contributed by atoms with E-state index in [1.165, 1.54) is 18.3 Å². The van der Waals surface area contributed by atoms with Crippen molar-refractivity contribution < 1.29 is 4.79 Å². The van der Waals surface area contributed by atoms with Crippen LogP contribution in [-0.4, -0.2) is 31.8 Å². The summed E-state index contributed by atoms with van der Waals surface area (Å²) in [7, 11) is 0. The Bertz CT molecular complexity index is 1020. The van der Waals surface area contributed by atoms with Gasteiger partial charge in [0.25, 0.3) is 11.5 Å². The highest BCUT2D eigenvalue weighted by Gasteiger charge is 2.20. The third-order valence-corrected chi connectivity index (χ3v) is 3.90. The topological polar surface area (TPSA) is 98.9 Å². The number of carbonyl (C=O) groups is 1. The summed E-state index contributed by atoms with van der Waals surface area (Å²) < 4.78 is 0. The lowest BCUT2D eigenvalue weighted by Crippen LogP contribution is -2.37. The largest absolute Gasteiger partial charge is 0.329 e. The second kappa shape index (κ2) is 6.72. The summed E-state index contributed by atoms with van der Waals surface area (Å²) in [6, 6.07) is 9.73. The van der Waals surface area contributed by atoms with Gasteiger partial charge in [-0.1, -0.05) is 12.1 Å². The van der Waals surface area contributed by atoms with E-state index in [1.807, 2.05) is 19.9 Å². The molecule has 1 amide bonds. The Morgan fingerprint density at radius 1 is 1.16 bits per heavy atom. The molecule has 0 radical (unpaired) electrons. The van der Waals surface area contributed by atoms with Crippen LogP contribution in [0.4, 0.5) is 0 Å². The second-order valence-electron chi connectivity index (χ2n) is 6.00. The molecule has 0 aliphatic carbocycles. The Hall–Kier alpha value is -3.22. The standard InChI is InChI=1S/C18H18N4O3/c1-11(2)22(18(25)12-7-8-16(23)19-9-12)10-15-20-14-6-4-3-5-13(14)17(24)21-15/h3-9,11H,10H2,1-2H3,(H,19,23)(H,20,21,24). The molecule has 1 aromatic carbocycles. The van der Waals surface area contributed by atoms with Crippen LogP contribution in [0.25, 0.3) is 10.9 Å². The molecular weight excluding hydrogens is 320 g/mol. The third-order valence-electron chi connectivity index (χ3n) is 3.90. The number of nitrogens with zero attached hydrogens (tertiary/aromatic N) is 2. The highest BCUT2D eigenvalue weighted by Crippen LogP contribution is 2.12. The van der Waals surface area contributed by atoms with Gasteiger partial charge in [0, 0.05) is 18.3 Å². The summed E-state index contributed by atoms with van der Waals surface area (Å²) >= 11 is 0. The monoisotopic (exact) mass is 338 g/mol. The Balaban J connectivity index is 1.94. The first-order chi connectivity index (χ1) is 12.0. The normalized spacial score (nSPS) is 11.0. The SMILES string of the molecule is CC(C)N(Cc1nc2ccccc2c(=O)[nH]1)C(=O)c1ccc(=O)[nH]c1. The van der Waals surface area contributed by atoms with Crippen LogP contribution in [0.1, 0.15) is 30.0 Å². The van der Waals surface area contributed by atoms with E-state index in [1.54, 1.807) is 23.1 Å². The minimum absolute atomic E-state index is 0.115. The van der Waals surface area contributed by atoms with Gasteiger partial charge >= 0.3 is 0 Å². The molecule has 2 heterocycles. The quantitative estimate of drug-likeness (QED) is 0.756. The van der Waals surface area contributed by atoms with Gasteiger partial charge in [0.15, 0.2) is 0 Å². The van der Waals surface area contributed by atoms with Crippen molar-refractivity contribution in [1.29, 1.82) is 0 Å². The minimum atomic E-state index is -0.270. The predicted molar refractivity (Wildman–Crippen MR) is 94.4 cm³/mol. The Kier molecular flexibility index (Phi) is 4.47. The summed E-state index contributed by atoms with van der Waals surface area (Å²) in [5.41, 5.74) is 0.451. The van der Waals surface area contributed by atoms with E-state index in [2.05, 4.69) is 15.0 Å². The molecule has 0 spiro atoms. The zero-order valence-electron chi connectivity index (χ0n) is 13.9. The maximum absolute atomic E-state index is 12.7. The van der Waals surface area contributed by atoms with E-state index in [-0.39, 0.29) is 29.6 Å². The van der Waals surface area contributed by atoms with E-state index in [0.717, 1.165) is 0 Å². The lowest BCUT2D eigenvalue weighted by molar-refractivity contribution is 0.0684. The third kappa shape index (κ3) is 3.50. The Morgan fingerprint density at radius 2 is 1.92 bits per heavy atom. The number of nitrogens with one attached hydrogen (secondary N) is 2. The summed E-state index contributed by atoms with van der Waals surface area (Å²) in [6.07, 6.45) is 1.39. The zero-order valence-corrected chi connectivity index (χ0v) is 13.9. The van der Waals surface area contributed by atoms with Gasteiger partial charge in [-0.3, -0.25) is 14.4 Å². The number of para-hydroxylation sites is 1. The van der Waals surface area contributed by atoms with E-state index in [9.17, 15) is 14.4 Å². The fourth-order valence-electron chi connectivity index (χ4n) is 2.57. The first-order valence-electron chi connectivity index (χ1n) is 7.93. The van der Waals surface area contributed by atoms with Crippen LogP contribution in [0.5, 0.6) is 0 Å². The lowest BCUT2D eigenvalue weighted by Gasteiger charge is -2.26. The summed E-state index contributed by atoms with van der Waals surface area (Å²) in [5.74, 6) is 0.164. The zero-order chi connectivity index (χ0) is 18.0. The van der Waals surface area contributed by atoms with Gasteiger partial charge in [0.05, 0.1) is 23.0 Å². The maximum atomic E-state index is 12.7. The van der Waals surface area contributed by atoms with Crippen molar-refractivity contribution in [2.45, 2.75) is 26.4 Å². The number of hydrogen-bond acceptors (Lipinski definition) is 4. The molecule has 25 heavy (non-hydrogen) atoms. The van der Waals surface area contributed by atoms with Gasteiger partial charge in [0.2, 0.25) is 5.56 Å². The molecule has 0 aliphatic heterocycles. The van der Waals surface area contributed by atoms with Crippen LogP contribution in [0.15, 0.2) is 52.2 Å². The molecular formula is C18H18N4O3. The van der Waals surface area contributed by atoms with Gasteiger partial charge in [-0.25, -0.2) is 4.98 Å². The molecule has 2 N–H and O–H groups in total. The highest BCUT2D eigenvalue weighted by atomic mass is 16.2. The van der Waals surface area contributed by atoms with Gasteiger partial charge in [-0.2, -0.15) is 0 Å². The average Bonchev–Trinajstić information content (AvgIpc) is 2.59. The maximum Gasteiger partial charge on any atom is 0.258 e. The Labute approximate surface area is 143 Å². The number of rotatable bonds is 4.